The van der Waals surface area contributed by atoms with Gasteiger partial charge in [-0.3, -0.25) is 9.59 Å². The molecule has 2 aromatic rings. The van der Waals surface area contributed by atoms with Crippen molar-refractivity contribution in [2.75, 3.05) is 32.8 Å². The third-order valence-corrected chi connectivity index (χ3v) is 4.80. The number of halogens is 2. The zero-order chi connectivity index (χ0) is 24.5. The van der Waals surface area contributed by atoms with Crippen molar-refractivity contribution in [1.29, 1.82) is 0 Å². The SMILES string of the molecule is CCOc1cc(Cl)c(N=NC(C(C)=O)C(=O)Nc2cc(OC)cc(Cl)c2OC)c(OCC)c1. The number of amides is 1. The number of hydrogen-bond acceptors (Lipinski definition) is 8. The van der Waals surface area contributed by atoms with Crippen molar-refractivity contribution in [1.82, 2.24) is 0 Å². The lowest BCUT2D eigenvalue weighted by Gasteiger charge is -2.15. The molecule has 0 fully saturated rings. The Morgan fingerprint density at radius 3 is 2.21 bits per heavy atom. The Morgan fingerprint density at radius 2 is 1.64 bits per heavy atom. The Hall–Kier alpha value is -3.04. The molecule has 1 atom stereocenters. The van der Waals surface area contributed by atoms with E-state index in [9.17, 15) is 9.59 Å². The minimum Gasteiger partial charge on any atom is -0.497 e. The molecule has 2 rings (SSSR count). The molecule has 0 bridgehead atoms. The fraction of sp³-hybridized carbons (Fsp3) is 0.364. The molecule has 0 spiro atoms. The third-order valence-electron chi connectivity index (χ3n) is 4.23. The Morgan fingerprint density at radius 1 is 0.970 bits per heavy atom. The number of Topliss-reactive ketones (excluding diaryl/α,β-unsaturated/α-hetero) is 1. The second-order valence-corrected chi connectivity index (χ2v) is 7.34. The number of anilines is 1. The predicted molar refractivity (Wildman–Crippen MR) is 126 cm³/mol. The zero-order valence-corrected chi connectivity index (χ0v) is 20.4. The van der Waals surface area contributed by atoms with Crippen LogP contribution in [0.4, 0.5) is 11.4 Å². The highest BCUT2D eigenvalue weighted by Crippen LogP contribution is 2.40. The number of rotatable bonds is 11. The first kappa shape index (κ1) is 26.2. The maximum atomic E-state index is 12.9. The quantitative estimate of drug-likeness (QED) is 0.324. The molecule has 33 heavy (non-hydrogen) atoms. The van der Waals surface area contributed by atoms with Gasteiger partial charge in [0.15, 0.2) is 17.3 Å². The van der Waals surface area contributed by atoms with Gasteiger partial charge in [-0.25, -0.2) is 0 Å². The van der Waals surface area contributed by atoms with E-state index in [1.54, 1.807) is 19.1 Å². The average Bonchev–Trinajstić information content (AvgIpc) is 2.75. The highest BCUT2D eigenvalue weighted by Gasteiger charge is 2.26. The summed E-state index contributed by atoms with van der Waals surface area (Å²) in [5.74, 6) is 0.116. The number of ketones is 1. The van der Waals surface area contributed by atoms with Crippen molar-refractivity contribution >= 4 is 46.3 Å². The van der Waals surface area contributed by atoms with Gasteiger partial charge >= 0.3 is 0 Å². The largest absolute Gasteiger partial charge is 0.497 e. The summed E-state index contributed by atoms with van der Waals surface area (Å²) >= 11 is 12.5. The number of ether oxygens (including phenoxy) is 4. The maximum absolute atomic E-state index is 12.9. The number of benzene rings is 2. The van der Waals surface area contributed by atoms with Gasteiger partial charge < -0.3 is 24.3 Å². The molecule has 1 amide bonds. The molecule has 0 aromatic heterocycles. The van der Waals surface area contributed by atoms with E-state index >= 15 is 0 Å². The van der Waals surface area contributed by atoms with Crippen LogP contribution in [-0.2, 0) is 9.59 Å². The van der Waals surface area contributed by atoms with E-state index in [0.29, 0.717) is 30.5 Å². The Kier molecular flexibility index (Phi) is 9.74. The molecule has 0 aliphatic carbocycles. The first-order chi connectivity index (χ1) is 15.7. The lowest BCUT2D eigenvalue weighted by molar-refractivity contribution is -0.126. The molecule has 0 aliphatic heterocycles. The molecule has 0 heterocycles. The van der Waals surface area contributed by atoms with Crippen LogP contribution in [0.15, 0.2) is 34.5 Å². The summed E-state index contributed by atoms with van der Waals surface area (Å²) in [7, 11) is 2.85. The second kappa shape index (κ2) is 12.3. The van der Waals surface area contributed by atoms with Gasteiger partial charge in [-0.1, -0.05) is 23.2 Å². The number of hydrogen-bond donors (Lipinski definition) is 1. The predicted octanol–water partition coefficient (Wildman–Crippen LogP) is 5.49. The first-order valence-electron chi connectivity index (χ1n) is 9.98. The molecule has 1 unspecified atom stereocenters. The van der Waals surface area contributed by atoms with E-state index in [2.05, 4.69) is 15.5 Å². The van der Waals surface area contributed by atoms with Crippen molar-refractivity contribution in [3.05, 3.63) is 34.3 Å². The molecular formula is C22H25Cl2N3O6. The van der Waals surface area contributed by atoms with Gasteiger partial charge in [0.05, 0.1) is 43.2 Å². The molecule has 0 saturated carbocycles. The summed E-state index contributed by atoms with van der Waals surface area (Å²) in [6.07, 6.45) is 0. The molecular weight excluding hydrogens is 473 g/mol. The van der Waals surface area contributed by atoms with Crippen LogP contribution >= 0.6 is 23.2 Å². The molecule has 178 valence electrons. The Balaban J connectivity index is 2.38. The second-order valence-electron chi connectivity index (χ2n) is 6.53. The minimum absolute atomic E-state index is 0.169. The highest BCUT2D eigenvalue weighted by molar-refractivity contribution is 6.33. The minimum atomic E-state index is -1.46. The van der Waals surface area contributed by atoms with Gasteiger partial charge in [-0.2, -0.15) is 5.11 Å². The maximum Gasteiger partial charge on any atom is 0.258 e. The fourth-order valence-corrected chi connectivity index (χ4v) is 3.31. The molecule has 0 aliphatic rings. The standard InChI is InChI=1S/C22H25Cl2N3O6/c1-6-32-14-9-15(23)20(18(11-14)33-7-2)27-26-19(12(3)28)22(29)25-17-10-13(30-4)8-16(24)21(17)31-5/h8-11,19H,6-7H2,1-5H3,(H,25,29). The molecule has 2 aromatic carbocycles. The average molecular weight is 498 g/mol. The van der Waals surface area contributed by atoms with Gasteiger partial charge in [0.25, 0.3) is 5.91 Å². The monoisotopic (exact) mass is 497 g/mol. The summed E-state index contributed by atoms with van der Waals surface area (Å²) in [5.41, 5.74) is 0.380. The smallest absolute Gasteiger partial charge is 0.258 e. The van der Waals surface area contributed by atoms with Crippen molar-refractivity contribution in [2.45, 2.75) is 26.8 Å². The van der Waals surface area contributed by atoms with Gasteiger partial charge in [0, 0.05) is 24.3 Å². The van der Waals surface area contributed by atoms with Gasteiger partial charge in [-0.15, -0.1) is 5.11 Å². The lowest BCUT2D eigenvalue weighted by Crippen LogP contribution is -2.32. The number of methoxy groups -OCH3 is 2. The van der Waals surface area contributed by atoms with Crippen LogP contribution in [0.5, 0.6) is 23.0 Å². The highest BCUT2D eigenvalue weighted by atomic mass is 35.5. The van der Waals surface area contributed by atoms with Gasteiger partial charge in [0.1, 0.15) is 17.2 Å². The van der Waals surface area contributed by atoms with Crippen LogP contribution in [0.2, 0.25) is 10.0 Å². The fourth-order valence-electron chi connectivity index (χ4n) is 2.78. The van der Waals surface area contributed by atoms with Crippen LogP contribution < -0.4 is 24.3 Å². The first-order valence-corrected chi connectivity index (χ1v) is 10.7. The number of nitrogens with one attached hydrogen (secondary N) is 1. The van der Waals surface area contributed by atoms with Crippen LogP contribution in [0, 0.1) is 0 Å². The summed E-state index contributed by atoms with van der Waals surface area (Å²) in [6.45, 7) is 5.62. The van der Waals surface area contributed by atoms with Crippen molar-refractivity contribution in [3.63, 3.8) is 0 Å². The van der Waals surface area contributed by atoms with E-state index in [4.69, 9.17) is 42.1 Å². The van der Waals surface area contributed by atoms with Crippen LogP contribution in [-0.4, -0.2) is 45.2 Å². The number of carbonyl (C=O) groups is 2. The van der Waals surface area contributed by atoms with E-state index in [-0.39, 0.29) is 27.2 Å². The van der Waals surface area contributed by atoms with Gasteiger partial charge in [-0.05, 0) is 20.8 Å². The summed E-state index contributed by atoms with van der Waals surface area (Å²) in [4.78, 5) is 25.1. The Bertz CT molecular complexity index is 1050. The number of azo groups is 1. The lowest BCUT2D eigenvalue weighted by atomic mass is 10.2. The van der Waals surface area contributed by atoms with E-state index in [0.717, 1.165) is 0 Å². The normalized spacial score (nSPS) is 11.7. The number of nitrogens with zero attached hydrogens (tertiary/aromatic N) is 2. The van der Waals surface area contributed by atoms with Crippen molar-refractivity contribution in [3.8, 4) is 23.0 Å². The van der Waals surface area contributed by atoms with E-state index in [1.807, 2.05) is 6.92 Å². The summed E-state index contributed by atoms with van der Waals surface area (Å²) in [5, 5.41) is 11.0. The molecule has 11 heteroatoms. The van der Waals surface area contributed by atoms with Crippen molar-refractivity contribution in [2.24, 2.45) is 10.2 Å². The molecule has 0 saturated heterocycles. The van der Waals surface area contributed by atoms with Crippen LogP contribution in [0.3, 0.4) is 0 Å². The number of carbonyl (C=O) groups excluding carboxylic acids is 2. The summed E-state index contributed by atoms with van der Waals surface area (Å²) in [6, 6.07) is 4.74. The molecule has 9 nitrogen and oxygen atoms in total. The topological polar surface area (TPSA) is 108 Å². The van der Waals surface area contributed by atoms with Crippen LogP contribution in [0.25, 0.3) is 0 Å². The molecule has 0 radical (unpaired) electrons. The zero-order valence-electron chi connectivity index (χ0n) is 18.9. The van der Waals surface area contributed by atoms with E-state index in [1.165, 1.54) is 33.3 Å². The van der Waals surface area contributed by atoms with Gasteiger partial charge in [0.2, 0.25) is 6.04 Å². The Labute approximate surface area is 202 Å². The van der Waals surface area contributed by atoms with E-state index < -0.39 is 17.7 Å². The third kappa shape index (κ3) is 6.72. The van der Waals surface area contributed by atoms with Crippen molar-refractivity contribution < 1.29 is 28.5 Å². The molecule has 1 N–H and O–H groups in total. The summed E-state index contributed by atoms with van der Waals surface area (Å²) < 4.78 is 21.4. The van der Waals surface area contributed by atoms with Crippen LogP contribution in [0.1, 0.15) is 20.8 Å².